The molecule has 0 unspecified atom stereocenters. The summed E-state index contributed by atoms with van der Waals surface area (Å²) in [6.07, 6.45) is 17.9. The van der Waals surface area contributed by atoms with Gasteiger partial charge in [-0.2, -0.15) is 0 Å². The van der Waals surface area contributed by atoms with Crippen LogP contribution in [0.2, 0.25) is 0 Å². The van der Waals surface area contributed by atoms with Crippen molar-refractivity contribution in [3.05, 3.63) is 227 Å². The van der Waals surface area contributed by atoms with Gasteiger partial charge in [0.05, 0.1) is 11.4 Å². The summed E-state index contributed by atoms with van der Waals surface area (Å²) in [6.45, 7) is 14.0. The molecule has 0 heterocycles. The van der Waals surface area contributed by atoms with Crippen molar-refractivity contribution >= 4 is 62.6 Å². The summed E-state index contributed by atoms with van der Waals surface area (Å²) in [6, 6.07) is 59.0. The average molecular weight is 899 g/mol. The van der Waals surface area contributed by atoms with E-state index < -0.39 is 0 Å². The lowest BCUT2D eigenvalue weighted by molar-refractivity contribution is 0.607. The highest BCUT2D eigenvalue weighted by Gasteiger charge is 2.39. The summed E-state index contributed by atoms with van der Waals surface area (Å²) in [5.41, 5.74) is 23.6. The van der Waals surface area contributed by atoms with E-state index in [2.05, 4.69) is 252 Å². The Kier molecular flexibility index (Phi) is 11.0. The molecule has 0 amide bonds. The highest BCUT2D eigenvalue weighted by molar-refractivity contribution is 7.98. The molecular weight excluding hydrogens is 841 g/mol. The minimum atomic E-state index is -0.166. The van der Waals surface area contributed by atoms with Gasteiger partial charge in [-0.25, -0.2) is 0 Å². The topological polar surface area (TPSA) is 15.3 Å². The number of benzene rings is 8. The summed E-state index contributed by atoms with van der Waals surface area (Å²) in [5.74, 6) is 0. The van der Waals surface area contributed by atoms with E-state index in [4.69, 9.17) is 0 Å². The first-order valence-corrected chi connectivity index (χ1v) is 25.3. The van der Waals surface area contributed by atoms with Crippen LogP contribution in [0.3, 0.4) is 0 Å². The van der Waals surface area contributed by atoms with Crippen LogP contribution < -0.4 is 10.2 Å². The van der Waals surface area contributed by atoms with Crippen LogP contribution in [0.4, 0.5) is 28.4 Å². The van der Waals surface area contributed by atoms with Gasteiger partial charge in [-0.3, -0.25) is 0 Å². The van der Waals surface area contributed by atoms with Crippen molar-refractivity contribution in [2.24, 2.45) is 0 Å². The van der Waals surface area contributed by atoms with Crippen molar-refractivity contribution < 1.29 is 0 Å². The molecule has 0 saturated heterocycles. The molecule has 0 atom stereocenters. The van der Waals surface area contributed by atoms with Crippen LogP contribution in [0.5, 0.6) is 0 Å². The van der Waals surface area contributed by atoms with Crippen LogP contribution in [-0.4, -0.2) is 6.26 Å². The number of fused-ring (bicyclic) bond motifs is 6. The van der Waals surface area contributed by atoms with Crippen molar-refractivity contribution in [3.8, 4) is 33.4 Å². The smallest absolute Gasteiger partial charge is 0.0601 e. The van der Waals surface area contributed by atoms with Crippen LogP contribution in [-0.2, 0) is 10.8 Å². The fraction of sp³-hybridized carbons (Fsp3) is 0.169. The molecule has 0 aliphatic heterocycles. The summed E-state index contributed by atoms with van der Waals surface area (Å²) in [4.78, 5) is 3.84. The Hall–Kier alpha value is -7.07. The third kappa shape index (κ3) is 7.36. The molecule has 0 spiro atoms. The van der Waals surface area contributed by atoms with E-state index in [9.17, 15) is 0 Å². The molecule has 3 heteroatoms. The summed E-state index contributed by atoms with van der Waals surface area (Å²) < 4.78 is 0. The lowest BCUT2D eigenvalue weighted by Crippen LogP contribution is -2.20. The van der Waals surface area contributed by atoms with Gasteiger partial charge in [0.25, 0.3) is 0 Å². The predicted octanol–water partition coefficient (Wildman–Crippen LogP) is 18.7. The van der Waals surface area contributed by atoms with Crippen LogP contribution >= 0.6 is 11.8 Å². The fourth-order valence-corrected chi connectivity index (χ4v) is 11.9. The minimum absolute atomic E-state index is 0.0801. The monoisotopic (exact) mass is 898 g/mol. The summed E-state index contributed by atoms with van der Waals surface area (Å²) in [5, 5.41) is 6.31. The van der Waals surface area contributed by atoms with Crippen LogP contribution in [0.1, 0.15) is 80.8 Å². The van der Waals surface area contributed by atoms with E-state index >= 15 is 0 Å². The maximum Gasteiger partial charge on any atom is 0.0601 e. The molecule has 334 valence electrons. The van der Waals surface area contributed by atoms with Gasteiger partial charge in [0, 0.05) is 38.4 Å². The van der Waals surface area contributed by atoms with Crippen molar-refractivity contribution in [2.45, 2.75) is 70.1 Å². The Labute approximate surface area is 407 Å². The van der Waals surface area contributed by atoms with Gasteiger partial charge in [-0.15, -0.1) is 11.8 Å². The molecule has 1 N–H and O–H groups in total. The zero-order valence-electron chi connectivity index (χ0n) is 40.2. The van der Waals surface area contributed by atoms with Gasteiger partial charge < -0.3 is 10.2 Å². The first-order chi connectivity index (χ1) is 33.0. The SMILES string of the molecule is C/C=C\C=C/c1cc(-c2cc3ccccc3cc2Nc2ccc(-c3ccccc3)cc2)cc(N(c2ccc3c(c2)C(C)(C)C2=C3C=CCC2)c2cc3c(cc2SC)-c2ccccc2C3(C)C)c1C. The molecule has 68 heavy (non-hydrogen) atoms. The van der Waals surface area contributed by atoms with Gasteiger partial charge in [0.15, 0.2) is 0 Å². The molecular formula is C65H58N2S. The van der Waals surface area contributed by atoms with Gasteiger partial charge in [-0.1, -0.05) is 167 Å². The largest absolute Gasteiger partial charge is 0.355 e. The molecule has 8 aromatic rings. The molecule has 3 aliphatic carbocycles. The van der Waals surface area contributed by atoms with Crippen LogP contribution in [0, 0.1) is 6.92 Å². The zero-order chi connectivity index (χ0) is 46.7. The number of rotatable bonds is 10. The highest BCUT2D eigenvalue weighted by atomic mass is 32.2. The number of hydrogen-bond acceptors (Lipinski definition) is 3. The second-order valence-electron chi connectivity index (χ2n) is 19.7. The lowest BCUT2D eigenvalue weighted by atomic mass is 9.78. The first kappa shape index (κ1) is 43.5. The summed E-state index contributed by atoms with van der Waals surface area (Å²) in [7, 11) is 0. The number of nitrogens with one attached hydrogen (secondary N) is 1. The molecule has 2 nitrogen and oxygen atoms in total. The maximum atomic E-state index is 3.91. The second kappa shape index (κ2) is 17.2. The predicted molar refractivity (Wildman–Crippen MR) is 295 cm³/mol. The number of allylic oxidation sites excluding steroid dienone is 7. The van der Waals surface area contributed by atoms with Gasteiger partial charge in [-0.05, 0) is 171 Å². The van der Waals surface area contributed by atoms with Crippen LogP contribution in [0.25, 0.3) is 55.8 Å². The lowest BCUT2D eigenvalue weighted by Gasteiger charge is -2.33. The minimum Gasteiger partial charge on any atom is -0.355 e. The average Bonchev–Trinajstić information content (AvgIpc) is 3.73. The molecule has 11 rings (SSSR count). The number of nitrogens with zero attached hydrogens (tertiary/aromatic N) is 1. The van der Waals surface area contributed by atoms with Crippen molar-refractivity contribution in [1.82, 2.24) is 0 Å². The quantitative estimate of drug-likeness (QED) is 0.109. The Morgan fingerprint density at radius 3 is 2.09 bits per heavy atom. The molecule has 0 aromatic heterocycles. The van der Waals surface area contributed by atoms with Gasteiger partial charge in [0.1, 0.15) is 0 Å². The van der Waals surface area contributed by atoms with Crippen molar-refractivity contribution in [3.63, 3.8) is 0 Å². The Morgan fingerprint density at radius 2 is 1.31 bits per heavy atom. The van der Waals surface area contributed by atoms with Crippen molar-refractivity contribution in [2.75, 3.05) is 16.5 Å². The fourth-order valence-electron chi connectivity index (χ4n) is 11.3. The van der Waals surface area contributed by atoms with E-state index in [-0.39, 0.29) is 10.8 Å². The maximum absolute atomic E-state index is 3.91. The molecule has 8 aromatic carbocycles. The number of anilines is 5. The van der Waals surface area contributed by atoms with E-state index in [1.165, 1.54) is 88.3 Å². The Morgan fingerprint density at radius 1 is 0.588 bits per heavy atom. The van der Waals surface area contributed by atoms with Gasteiger partial charge >= 0.3 is 0 Å². The number of thioether (sulfide) groups is 1. The third-order valence-corrected chi connectivity index (χ3v) is 15.7. The van der Waals surface area contributed by atoms with E-state index in [1.54, 1.807) is 5.57 Å². The van der Waals surface area contributed by atoms with E-state index in [1.807, 2.05) is 11.8 Å². The van der Waals surface area contributed by atoms with E-state index in [0.29, 0.717) is 0 Å². The Bertz CT molecular complexity index is 3420. The first-order valence-electron chi connectivity index (χ1n) is 24.1. The standard InChI is InChI=1S/C65H58N2S/c1-8-9-11-22-45-35-48(54-36-46-23-14-15-24-47(46)37-60(54)66-49-31-29-44(30-32-49)43-20-12-10-13-21-43)38-61(42(45)2)67(50-33-34-53-51-25-16-18-27-56(51)64(3,4)58(53)39-50)62-41-59-55(40-63(62)68-7)52-26-17-19-28-57(52)65(59,5)6/h8-17,19-26,28-41,66H,18,27H2,1-7H3/b9-8-,22-11-. The van der Waals surface area contributed by atoms with E-state index in [0.717, 1.165) is 41.0 Å². The summed E-state index contributed by atoms with van der Waals surface area (Å²) >= 11 is 1.84. The molecule has 0 saturated carbocycles. The molecule has 3 aliphatic rings. The Balaban J connectivity index is 1.15. The second-order valence-corrected chi connectivity index (χ2v) is 20.5. The van der Waals surface area contributed by atoms with Gasteiger partial charge in [0.2, 0.25) is 0 Å². The van der Waals surface area contributed by atoms with Crippen molar-refractivity contribution in [1.29, 1.82) is 0 Å². The van der Waals surface area contributed by atoms with Crippen LogP contribution in [0.15, 0.2) is 199 Å². The zero-order valence-corrected chi connectivity index (χ0v) is 41.1. The highest BCUT2D eigenvalue weighted by Crippen LogP contribution is 2.56. The normalized spacial score (nSPS) is 15.2. The molecule has 0 fully saturated rings. The molecule has 0 bridgehead atoms. The molecule has 0 radical (unpaired) electrons. The number of hydrogen-bond donors (Lipinski definition) is 1. The third-order valence-electron chi connectivity index (χ3n) is 15.0.